The predicted molar refractivity (Wildman–Crippen MR) is 48.9 cm³/mol. The molecule has 12 heavy (non-hydrogen) atoms. The first-order valence-corrected chi connectivity index (χ1v) is 4.49. The van der Waals surface area contributed by atoms with Gasteiger partial charge < -0.3 is 0 Å². The summed E-state index contributed by atoms with van der Waals surface area (Å²) in [5, 5.41) is -0.555. The molecule has 0 amide bonds. The molecule has 1 rings (SSSR count). The van der Waals surface area contributed by atoms with Gasteiger partial charge in [-0.05, 0) is 29.3 Å². The van der Waals surface area contributed by atoms with Gasteiger partial charge in [0.05, 0.1) is 0 Å². The Kier molecular flexibility index (Phi) is 3.23. The molecule has 0 radical (unpaired) electrons. The number of benzene rings is 1. The van der Waals surface area contributed by atoms with Gasteiger partial charge in [-0.15, -0.1) is 0 Å². The summed E-state index contributed by atoms with van der Waals surface area (Å²) in [6.45, 7) is 0. The van der Waals surface area contributed by atoms with E-state index in [2.05, 4.69) is 15.9 Å². The third-order valence-electron chi connectivity index (χ3n) is 1.34. The van der Waals surface area contributed by atoms with Gasteiger partial charge in [-0.3, -0.25) is 4.79 Å². The molecule has 0 saturated carbocycles. The van der Waals surface area contributed by atoms with Crippen LogP contribution in [0.15, 0.2) is 24.3 Å². The molecule has 0 aliphatic heterocycles. The Morgan fingerprint density at radius 3 is 2.75 bits per heavy atom. The van der Waals surface area contributed by atoms with Crippen LogP contribution >= 0.6 is 27.5 Å². The molecular formula is C8H5BrClFO. The highest BCUT2D eigenvalue weighted by Gasteiger charge is 2.14. The highest BCUT2D eigenvalue weighted by molar-refractivity contribution is 9.09. The molecule has 1 aromatic rings. The third-order valence-corrected chi connectivity index (χ3v) is 2.77. The van der Waals surface area contributed by atoms with E-state index in [1.807, 2.05) is 0 Å². The molecule has 0 unspecified atom stereocenters. The summed E-state index contributed by atoms with van der Waals surface area (Å²) in [7, 11) is 0. The molecule has 64 valence electrons. The number of carbonyl (C=O) groups excluding carboxylic acids is 1. The minimum Gasteiger partial charge on any atom is -0.280 e. The van der Waals surface area contributed by atoms with Crippen molar-refractivity contribution in [2.45, 2.75) is 4.83 Å². The summed E-state index contributed by atoms with van der Waals surface area (Å²) >= 11 is 8.24. The van der Waals surface area contributed by atoms with Crippen molar-refractivity contribution >= 4 is 32.8 Å². The Bertz CT molecular complexity index is 303. The van der Waals surface area contributed by atoms with Crippen LogP contribution in [0.25, 0.3) is 0 Å². The quantitative estimate of drug-likeness (QED) is 0.583. The van der Waals surface area contributed by atoms with E-state index in [1.54, 1.807) is 6.07 Å². The fourth-order valence-electron chi connectivity index (χ4n) is 0.795. The number of rotatable bonds is 2. The minimum absolute atomic E-state index is 0.380. The van der Waals surface area contributed by atoms with E-state index in [9.17, 15) is 9.18 Å². The Labute approximate surface area is 82.7 Å². The summed E-state index contributed by atoms with van der Waals surface area (Å²) in [5.74, 6) is -0.380. The molecule has 0 spiro atoms. The lowest BCUT2D eigenvalue weighted by atomic mass is 10.2. The number of hydrogen-bond donors (Lipinski definition) is 0. The van der Waals surface area contributed by atoms with Crippen molar-refractivity contribution in [1.82, 2.24) is 0 Å². The van der Waals surface area contributed by atoms with Crippen molar-refractivity contribution in [2.24, 2.45) is 0 Å². The summed E-state index contributed by atoms with van der Waals surface area (Å²) in [6, 6.07) is 5.73. The summed E-state index contributed by atoms with van der Waals surface area (Å²) in [5.41, 5.74) is 0.523. The zero-order valence-electron chi connectivity index (χ0n) is 5.93. The average molecular weight is 251 g/mol. The standard InChI is InChI=1S/C8H5BrClFO/c9-7(8(10)12)5-2-1-3-6(11)4-5/h1-4,7H/t7-/m0/s1. The van der Waals surface area contributed by atoms with Crippen LogP contribution < -0.4 is 0 Å². The van der Waals surface area contributed by atoms with Gasteiger partial charge in [0.1, 0.15) is 10.6 Å². The zero-order chi connectivity index (χ0) is 9.14. The molecular weight excluding hydrogens is 246 g/mol. The lowest BCUT2D eigenvalue weighted by molar-refractivity contribution is -0.111. The van der Waals surface area contributed by atoms with Gasteiger partial charge in [0.25, 0.3) is 0 Å². The van der Waals surface area contributed by atoms with E-state index in [0.29, 0.717) is 5.56 Å². The average Bonchev–Trinajstić information content (AvgIpc) is 2.03. The van der Waals surface area contributed by atoms with Crippen LogP contribution in [0.3, 0.4) is 0 Å². The summed E-state index contributed by atoms with van der Waals surface area (Å²) < 4.78 is 12.6. The molecule has 0 aliphatic carbocycles. The smallest absolute Gasteiger partial charge is 0.239 e. The molecule has 0 aliphatic rings. The van der Waals surface area contributed by atoms with Crippen LogP contribution in [0.4, 0.5) is 4.39 Å². The lowest BCUT2D eigenvalue weighted by Crippen LogP contribution is -1.98. The van der Waals surface area contributed by atoms with E-state index in [1.165, 1.54) is 18.2 Å². The van der Waals surface area contributed by atoms with E-state index < -0.39 is 10.1 Å². The Hall–Kier alpha value is -0.410. The van der Waals surface area contributed by atoms with Crippen molar-refractivity contribution in [2.75, 3.05) is 0 Å². The second-order valence-electron chi connectivity index (χ2n) is 2.22. The van der Waals surface area contributed by atoms with Crippen molar-refractivity contribution in [3.8, 4) is 0 Å². The van der Waals surface area contributed by atoms with Gasteiger partial charge in [-0.25, -0.2) is 4.39 Å². The Morgan fingerprint density at radius 1 is 1.58 bits per heavy atom. The van der Waals surface area contributed by atoms with Gasteiger partial charge in [-0.1, -0.05) is 28.1 Å². The van der Waals surface area contributed by atoms with Crippen LogP contribution in [0, 0.1) is 5.82 Å². The SMILES string of the molecule is O=C(Cl)[C@@H](Br)c1cccc(F)c1. The molecule has 0 fully saturated rings. The number of carbonyl (C=O) groups is 1. The van der Waals surface area contributed by atoms with Crippen LogP contribution in [0.5, 0.6) is 0 Å². The molecule has 0 N–H and O–H groups in total. The van der Waals surface area contributed by atoms with Gasteiger partial charge in [0, 0.05) is 0 Å². The lowest BCUT2D eigenvalue weighted by Gasteiger charge is -2.03. The maximum Gasteiger partial charge on any atom is 0.239 e. The molecule has 4 heteroatoms. The first-order valence-electron chi connectivity index (χ1n) is 3.20. The molecule has 0 bridgehead atoms. The molecule has 0 saturated heterocycles. The molecule has 1 aromatic carbocycles. The van der Waals surface area contributed by atoms with Crippen LogP contribution in [0.1, 0.15) is 10.4 Å². The fourth-order valence-corrected chi connectivity index (χ4v) is 1.21. The first kappa shape index (κ1) is 9.68. The van der Waals surface area contributed by atoms with Crippen molar-refractivity contribution < 1.29 is 9.18 Å². The monoisotopic (exact) mass is 250 g/mol. The van der Waals surface area contributed by atoms with Crippen LogP contribution in [0.2, 0.25) is 0 Å². The van der Waals surface area contributed by atoms with Crippen molar-refractivity contribution in [1.29, 1.82) is 0 Å². The minimum atomic E-state index is -0.630. The summed E-state index contributed by atoms with van der Waals surface area (Å²) in [6.07, 6.45) is 0. The van der Waals surface area contributed by atoms with E-state index >= 15 is 0 Å². The second kappa shape index (κ2) is 4.01. The van der Waals surface area contributed by atoms with E-state index in [0.717, 1.165) is 0 Å². The van der Waals surface area contributed by atoms with Crippen molar-refractivity contribution in [3.05, 3.63) is 35.6 Å². The second-order valence-corrected chi connectivity index (χ2v) is 3.51. The molecule has 1 nitrogen and oxygen atoms in total. The first-order chi connectivity index (χ1) is 5.61. The van der Waals surface area contributed by atoms with Crippen LogP contribution in [-0.4, -0.2) is 5.24 Å². The number of alkyl halides is 1. The zero-order valence-corrected chi connectivity index (χ0v) is 8.27. The largest absolute Gasteiger partial charge is 0.280 e. The highest BCUT2D eigenvalue weighted by atomic mass is 79.9. The van der Waals surface area contributed by atoms with Gasteiger partial charge in [0.15, 0.2) is 0 Å². The Morgan fingerprint density at radius 2 is 2.25 bits per heavy atom. The van der Waals surface area contributed by atoms with Gasteiger partial charge in [-0.2, -0.15) is 0 Å². The maximum atomic E-state index is 12.6. The van der Waals surface area contributed by atoms with E-state index in [4.69, 9.17) is 11.6 Å². The fraction of sp³-hybridized carbons (Fsp3) is 0.125. The number of halogens is 3. The van der Waals surface area contributed by atoms with E-state index in [-0.39, 0.29) is 5.82 Å². The highest BCUT2D eigenvalue weighted by Crippen LogP contribution is 2.25. The van der Waals surface area contributed by atoms with Gasteiger partial charge in [0.2, 0.25) is 5.24 Å². The topological polar surface area (TPSA) is 17.1 Å². The van der Waals surface area contributed by atoms with Crippen LogP contribution in [-0.2, 0) is 4.79 Å². The Balaban J connectivity index is 2.95. The maximum absolute atomic E-state index is 12.6. The number of hydrogen-bond acceptors (Lipinski definition) is 1. The van der Waals surface area contributed by atoms with Gasteiger partial charge >= 0.3 is 0 Å². The molecule has 0 aromatic heterocycles. The van der Waals surface area contributed by atoms with Crippen molar-refractivity contribution in [3.63, 3.8) is 0 Å². The predicted octanol–water partition coefficient (Wildman–Crippen LogP) is 3.03. The molecule has 1 atom stereocenters. The molecule has 0 heterocycles. The third kappa shape index (κ3) is 2.29. The summed E-state index contributed by atoms with van der Waals surface area (Å²) in [4.78, 5) is 10.0. The normalized spacial score (nSPS) is 12.6.